The summed E-state index contributed by atoms with van der Waals surface area (Å²) in [7, 11) is -1.90. The van der Waals surface area contributed by atoms with Crippen LogP contribution < -0.4 is 5.32 Å². The molecule has 0 aromatic heterocycles. The molecule has 0 rings (SSSR count). The topological polar surface area (TPSA) is 104 Å². The second kappa shape index (κ2) is 7.06. The predicted molar refractivity (Wildman–Crippen MR) is 72.6 cm³/mol. The number of halogens is 5. The first-order valence-electron chi connectivity index (χ1n) is 6.58. The predicted octanol–water partition coefficient (Wildman–Crippen LogP) is 0.363. The Balaban J connectivity index is 4.55. The van der Waals surface area contributed by atoms with E-state index in [4.69, 9.17) is 4.55 Å². The van der Waals surface area contributed by atoms with E-state index < -0.39 is 46.1 Å². The first-order valence-corrected chi connectivity index (χ1v) is 8.02. The first kappa shape index (κ1) is 22.9. The molecule has 0 bridgehead atoms. The molecular formula is C11H20F5N2O5S+. The van der Waals surface area contributed by atoms with Crippen LogP contribution in [0, 0.1) is 0 Å². The Morgan fingerprint density at radius 3 is 2.00 bits per heavy atom. The molecule has 24 heavy (non-hydrogen) atoms. The number of hydrogen-bond donors (Lipinski definition) is 3. The smallest absolute Gasteiger partial charge is 0.368 e. The van der Waals surface area contributed by atoms with Crippen molar-refractivity contribution in [3.05, 3.63) is 0 Å². The van der Waals surface area contributed by atoms with Crippen molar-refractivity contribution >= 4 is 16.0 Å². The number of nitrogens with zero attached hydrogens (tertiary/aromatic N) is 1. The number of hydrogen-bond acceptors (Lipinski definition) is 4. The molecule has 0 radical (unpaired) electrons. The highest BCUT2D eigenvalue weighted by Crippen LogP contribution is 2.35. The van der Waals surface area contributed by atoms with Gasteiger partial charge in [-0.15, -0.1) is 0 Å². The summed E-state index contributed by atoms with van der Waals surface area (Å²) in [4.78, 5) is 8.39. The Hall–Kier alpha value is -1.05. The molecule has 1 unspecified atom stereocenters. The molecule has 0 aliphatic carbocycles. The van der Waals surface area contributed by atoms with E-state index >= 15 is 0 Å². The number of carbonyl (C=O) groups excluding carboxylic acids is 1. The van der Waals surface area contributed by atoms with Crippen molar-refractivity contribution in [2.45, 2.75) is 30.4 Å². The number of amides is 1. The number of carbonyl (C=O) groups is 1. The molecule has 0 fully saturated rings. The Morgan fingerprint density at radius 2 is 1.62 bits per heavy atom. The molecule has 13 heteroatoms. The van der Waals surface area contributed by atoms with Crippen LogP contribution in [0.3, 0.4) is 0 Å². The van der Waals surface area contributed by atoms with Gasteiger partial charge in [0, 0.05) is 13.0 Å². The summed E-state index contributed by atoms with van der Waals surface area (Å²) in [6, 6.07) is 0. The Labute approximate surface area is 135 Å². The molecule has 0 aliphatic rings. The average Bonchev–Trinajstić information content (AvgIpc) is 2.30. The number of nitrogens with one attached hydrogen (secondary N) is 1. The fraction of sp³-hybridized carbons (Fsp3) is 0.909. The summed E-state index contributed by atoms with van der Waals surface area (Å²) in [6.07, 6.45) is -6.07. The quantitative estimate of drug-likeness (QED) is 0.242. The summed E-state index contributed by atoms with van der Waals surface area (Å²) in [5.41, 5.74) is 0. The summed E-state index contributed by atoms with van der Waals surface area (Å²) in [6.45, 7) is -0.115. The van der Waals surface area contributed by atoms with E-state index in [0.29, 0.717) is 0 Å². The molecule has 0 heterocycles. The summed E-state index contributed by atoms with van der Waals surface area (Å²) in [5.74, 6) is -7.99. The van der Waals surface area contributed by atoms with Gasteiger partial charge in [0.1, 0.15) is 6.54 Å². The lowest BCUT2D eigenvalue weighted by molar-refractivity contribution is -0.894. The van der Waals surface area contributed by atoms with Gasteiger partial charge in [-0.05, 0) is 6.92 Å². The molecule has 0 spiro atoms. The molecule has 1 atom stereocenters. The largest absolute Gasteiger partial charge is 0.463 e. The Bertz CT molecular complexity index is 560. The van der Waals surface area contributed by atoms with Gasteiger partial charge in [0.25, 0.3) is 5.91 Å². The normalized spacial score (nSPS) is 16.6. The van der Waals surface area contributed by atoms with Crippen molar-refractivity contribution in [1.29, 1.82) is 0 Å². The highest BCUT2D eigenvalue weighted by Gasteiger charge is 2.63. The van der Waals surface area contributed by atoms with Crippen molar-refractivity contribution in [3.8, 4) is 0 Å². The molecule has 3 N–H and O–H groups in total. The van der Waals surface area contributed by atoms with Crippen molar-refractivity contribution < 1.29 is 49.3 Å². The van der Waals surface area contributed by atoms with Gasteiger partial charge in [0.05, 0.1) is 20.6 Å². The number of rotatable bonds is 8. The van der Waals surface area contributed by atoms with Gasteiger partial charge in [-0.3, -0.25) is 9.35 Å². The maximum atomic E-state index is 12.7. The van der Waals surface area contributed by atoms with Gasteiger partial charge in [-0.1, -0.05) is 0 Å². The van der Waals surface area contributed by atoms with E-state index in [9.17, 15) is 40.3 Å². The molecule has 0 aromatic carbocycles. The van der Waals surface area contributed by atoms with Crippen molar-refractivity contribution in [1.82, 2.24) is 5.32 Å². The van der Waals surface area contributed by atoms with E-state index in [-0.39, 0.29) is 17.4 Å². The molecule has 0 aliphatic heterocycles. The van der Waals surface area contributed by atoms with Crippen molar-refractivity contribution in [3.63, 3.8) is 0 Å². The highest BCUT2D eigenvalue weighted by atomic mass is 32.2. The molecule has 0 saturated carbocycles. The zero-order chi connectivity index (χ0) is 19.6. The maximum Gasteiger partial charge on any atom is 0.463 e. The molecule has 144 valence electrons. The minimum absolute atomic E-state index is 0.0174. The summed E-state index contributed by atoms with van der Waals surface area (Å²) < 4.78 is 91.9. The van der Waals surface area contributed by atoms with E-state index in [1.807, 2.05) is 0 Å². The van der Waals surface area contributed by atoms with Crippen LogP contribution in [0.25, 0.3) is 0 Å². The third-order valence-electron chi connectivity index (χ3n) is 3.14. The average molecular weight is 387 g/mol. The molecular weight excluding hydrogens is 367 g/mol. The van der Waals surface area contributed by atoms with Crippen LogP contribution in [0.15, 0.2) is 0 Å². The molecule has 0 aromatic rings. The van der Waals surface area contributed by atoms with Gasteiger partial charge in [-0.2, -0.15) is 30.4 Å². The lowest BCUT2D eigenvalue weighted by atomic mass is 10.2. The van der Waals surface area contributed by atoms with Crippen molar-refractivity contribution in [2.75, 3.05) is 33.7 Å². The lowest BCUT2D eigenvalue weighted by Gasteiger charge is -2.35. The van der Waals surface area contributed by atoms with Crippen LogP contribution >= 0.6 is 0 Å². The SMILES string of the molecule is CC(O)(C[N+](C)(C)CCCNC(=O)C(F)(F)C(F)(F)F)S(=O)(=O)O. The minimum Gasteiger partial charge on any atom is -0.368 e. The fourth-order valence-electron chi connectivity index (χ4n) is 1.90. The van der Waals surface area contributed by atoms with Crippen molar-refractivity contribution in [2.24, 2.45) is 0 Å². The standard InChI is InChI=1S/C11H19F5N2O5S/c1-9(20,24(21,22)23)7-18(2,3)6-4-5-17-8(19)10(12,13)11(14,15)16/h20H,4-7H2,1-3H3,(H-,17,19,21,22,23)/p+1. The highest BCUT2D eigenvalue weighted by molar-refractivity contribution is 7.87. The summed E-state index contributed by atoms with van der Waals surface area (Å²) in [5, 5.41) is 11.1. The molecule has 1 amide bonds. The summed E-state index contributed by atoms with van der Waals surface area (Å²) >= 11 is 0. The lowest BCUT2D eigenvalue weighted by Crippen LogP contribution is -2.55. The number of alkyl halides is 5. The van der Waals surface area contributed by atoms with E-state index in [0.717, 1.165) is 6.92 Å². The number of likely N-dealkylation sites (N-methyl/N-ethyl adjacent to an activating group) is 1. The second-order valence-electron chi connectivity index (χ2n) is 6.15. The maximum absolute atomic E-state index is 12.7. The minimum atomic E-state index is -6.00. The second-order valence-corrected chi connectivity index (χ2v) is 7.98. The van der Waals surface area contributed by atoms with Gasteiger partial charge in [0.15, 0.2) is 0 Å². The number of aliphatic hydroxyl groups is 1. The number of quaternary nitrogens is 1. The van der Waals surface area contributed by atoms with Crippen LogP contribution in [-0.2, 0) is 14.9 Å². The fourth-order valence-corrected chi connectivity index (χ4v) is 2.42. The van der Waals surface area contributed by atoms with Gasteiger partial charge in [-0.25, -0.2) is 0 Å². The van der Waals surface area contributed by atoms with Crippen LogP contribution in [0.5, 0.6) is 0 Å². The van der Waals surface area contributed by atoms with Gasteiger partial charge < -0.3 is 14.9 Å². The third kappa shape index (κ3) is 6.11. The Kier molecular flexibility index (Phi) is 6.75. The monoisotopic (exact) mass is 387 g/mol. The van der Waals surface area contributed by atoms with Crippen LogP contribution in [-0.4, -0.2) is 79.2 Å². The first-order chi connectivity index (χ1) is 10.3. The zero-order valence-electron chi connectivity index (χ0n) is 13.2. The van der Waals surface area contributed by atoms with E-state index in [1.165, 1.54) is 19.4 Å². The van der Waals surface area contributed by atoms with E-state index in [1.54, 1.807) is 0 Å². The van der Waals surface area contributed by atoms with Crippen LogP contribution in [0.1, 0.15) is 13.3 Å². The molecule has 7 nitrogen and oxygen atoms in total. The third-order valence-corrected chi connectivity index (χ3v) is 4.38. The zero-order valence-corrected chi connectivity index (χ0v) is 14.0. The van der Waals surface area contributed by atoms with Gasteiger partial charge >= 0.3 is 22.2 Å². The van der Waals surface area contributed by atoms with Crippen LogP contribution in [0.4, 0.5) is 22.0 Å². The van der Waals surface area contributed by atoms with Crippen LogP contribution in [0.2, 0.25) is 0 Å². The van der Waals surface area contributed by atoms with E-state index in [2.05, 4.69) is 0 Å². The van der Waals surface area contributed by atoms with Gasteiger partial charge in [0.2, 0.25) is 4.93 Å². The molecule has 0 saturated heterocycles. The Morgan fingerprint density at radius 1 is 1.17 bits per heavy atom.